The molecule has 15 heavy (non-hydrogen) atoms. The lowest BCUT2D eigenvalue weighted by atomic mass is 10.4. The fourth-order valence-electron chi connectivity index (χ4n) is 0.537. The van der Waals surface area contributed by atoms with Crippen LogP contribution in [0.4, 0.5) is 0 Å². The number of Topliss-reactive ketones (excluding diaryl/α,β-unsaturated/α-hetero) is 1. The number of rotatable bonds is 5. The van der Waals surface area contributed by atoms with E-state index in [4.69, 9.17) is 5.73 Å². The van der Waals surface area contributed by atoms with Gasteiger partial charge in [-0.1, -0.05) is 13.8 Å². The van der Waals surface area contributed by atoms with Crippen molar-refractivity contribution in [1.82, 2.24) is 10.6 Å². The fraction of sp³-hybridized carbons (Fsp3) is 0.667. The third-order valence-electron chi connectivity index (χ3n) is 1.17. The smallest absolute Gasteiger partial charge is 0.239 e. The van der Waals surface area contributed by atoms with Gasteiger partial charge in [0.15, 0.2) is 0 Å². The van der Waals surface area contributed by atoms with Gasteiger partial charge in [0.2, 0.25) is 11.8 Å². The maximum Gasteiger partial charge on any atom is 0.239 e. The number of nitrogens with two attached hydrogens (primary N) is 1. The minimum Gasteiger partial charge on any atom is -0.348 e. The highest BCUT2D eigenvalue weighted by Gasteiger charge is 2.03. The van der Waals surface area contributed by atoms with E-state index in [1.54, 1.807) is 0 Å². The molecule has 0 radical (unpaired) electrons. The minimum atomic E-state index is -0.406. The van der Waals surface area contributed by atoms with Crippen LogP contribution in [0.2, 0.25) is 0 Å². The van der Waals surface area contributed by atoms with Crippen molar-refractivity contribution < 1.29 is 14.4 Å². The Balaban J connectivity index is 0. The largest absolute Gasteiger partial charge is 0.348 e. The Morgan fingerprint density at radius 3 is 1.87 bits per heavy atom. The van der Waals surface area contributed by atoms with E-state index in [9.17, 15) is 14.4 Å². The Bertz CT molecular complexity index is 217. The highest BCUT2D eigenvalue weighted by atomic mass is 16.2. The molecule has 0 bridgehead atoms. The van der Waals surface area contributed by atoms with E-state index in [1.807, 2.05) is 13.8 Å². The molecule has 0 heterocycles. The molecule has 0 aromatic carbocycles. The molecule has 0 spiro atoms. The van der Waals surface area contributed by atoms with Crippen LogP contribution in [0.5, 0.6) is 0 Å². The van der Waals surface area contributed by atoms with E-state index in [2.05, 4.69) is 10.6 Å². The molecular formula is C9H19N3O3. The summed E-state index contributed by atoms with van der Waals surface area (Å²) in [4.78, 5) is 31.8. The third kappa shape index (κ3) is 12.6. The molecule has 0 aliphatic carbocycles. The lowest BCUT2D eigenvalue weighted by Gasteiger charge is -2.03. The Morgan fingerprint density at radius 2 is 1.47 bits per heavy atom. The summed E-state index contributed by atoms with van der Waals surface area (Å²) in [5.74, 6) is -0.950. The van der Waals surface area contributed by atoms with Crippen LogP contribution < -0.4 is 16.4 Å². The second-order valence-electron chi connectivity index (χ2n) is 2.46. The number of nitrogens with one attached hydrogen (secondary N) is 2. The monoisotopic (exact) mass is 217 g/mol. The van der Waals surface area contributed by atoms with Crippen molar-refractivity contribution in [2.45, 2.75) is 20.8 Å². The molecule has 0 aliphatic heterocycles. The van der Waals surface area contributed by atoms with Crippen LogP contribution in [-0.4, -0.2) is 37.2 Å². The minimum absolute atomic E-state index is 0.0165. The van der Waals surface area contributed by atoms with Crippen LogP contribution in [-0.2, 0) is 14.4 Å². The molecule has 0 unspecified atom stereocenters. The van der Waals surface area contributed by atoms with Crippen LogP contribution in [0, 0.1) is 0 Å². The summed E-state index contributed by atoms with van der Waals surface area (Å²) in [6.45, 7) is 5.04. The molecule has 0 rings (SSSR count). The summed E-state index contributed by atoms with van der Waals surface area (Å²) < 4.78 is 0. The molecule has 4 N–H and O–H groups in total. The maximum atomic E-state index is 10.8. The Hall–Kier alpha value is -1.43. The number of amides is 2. The molecule has 0 saturated heterocycles. The van der Waals surface area contributed by atoms with Gasteiger partial charge in [0, 0.05) is 0 Å². The van der Waals surface area contributed by atoms with Crippen LogP contribution in [0.1, 0.15) is 20.8 Å². The third-order valence-corrected chi connectivity index (χ3v) is 1.17. The highest BCUT2D eigenvalue weighted by Crippen LogP contribution is 1.68. The van der Waals surface area contributed by atoms with Gasteiger partial charge in [0.25, 0.3) is 0 Å². The zero-order chi connectivity index (χ0) is 12.3. The molecule has 0 aliphatic rings. The lowest BCUT2D eigenvalue weighted by Crippen LogP contribution is -2.40. The zero-order valence-electron chi connectivity index (χ0n) is 9.42. The van der Waals surface area contributed by atoms with Gasteiger partial charge >= 0.3 is 0 Å². The van der Waals surface area contributed by atoms with Gasteiger partial charge in [-0.2, -0.15) is 0 Å². The predicted molar refractivity (Wildman–Crippen MR) is 57.1 cm³/mol. The number of carbonyl (C=O) groups excluding carboxylic acids is 3. The summed E-state index contributed by atoms with van der Waals surface area (Å²) in [5, 5.41) is 4.59. The molecule has 0 saturated carbocycles. The highest BCUT2D eigenvalue weighted by molar-refractivity contribution is 5.88. The maximum absolute atomic E-state index is 10.8. The average Bonchev–Trinajstić information content (AvgIpc) is 2.25. The second kappa shape index (κ2) is 10.6. The standard InChI is InChI=1S/C7H13N3O3.C2H6/c1-5(11)3-9-7(13)4-10-6(12)2-8;1-2/h2-4,8H2,1H3,(H,9,13)(H,10,12);1-2H3. The summed E-state index contributed by atoms with van der Waals surface area (Å²) in [7, 11) is 0. The topological polar surface area (TPSA) is 101 Å². The summed E-state index contributed by atoms with van der Waals surface area (Å²) in [6.07, 6.45) is 0. The molecule has 6 nitrogen and oxygen atoms in total. The molecule has 88 valence electrons. The summed E-state index contributed by atoms with van der Waals surface area (Å²) >= 11 is 0. The van der Waals surface area contributed by atoms with Crippen molar-refractivity contribution in [3.63, 3.8) is 0 Å². The number of carbonyl (C=O) groups is 3. The van der Waals surface area contributed by atoms with Crippen LogP contribution in [0.3, 0.4) is 0 Å². The molecule has 0 fully saturated rings. The van der Waals surface area contributed by atoms with Crippen molar-refractivity contribution in [1.29, 1.82) is 0 Å². The van der Waals surface area contributed by atoms with Crippen molar-refractivity contribution in [3.05, 3.63) is 0 Å². The van der Waals surface area contributed by atoms with Gasteiger partial charge in [-0.3, -0.25) is 14.4 Å². The second-order valence-corrected chi connectivity index (χ2v) is 2.46. The number of hydrogen-bond donors (Lipinski definition) is 3. The van der Waals surface area contributed by atoms with E-state index >= 15 is 0 Å². The van der Waals surface area contributed by atoms with Crippen LogP contribution in [0.25, 0.3) is 0 Å². The van der Waals surface area contributed by atoms with Crippen molar-refractivity contribution >= 4 is 17.6 Å². The van der Waals surface area contributed by atoms with Crippen LogP contribution >= 0.6 is 0 Å². The molecule has 0 aromatic rings. The normalized spacial score (nSPS) is 8.27. The van der Waals surface area contributed by atoms with Gasteiger partial charge in [-0.05, 0) is 6.92 Å². The molecule has 0 aromatic heterocycles. The first-order chi connectivity index (χ1) is 7.06. The van der Waals surface area contributed by atoms with E-state index in [-0.39, 0.29) is 25.4 Å². The SMILES string of the molecule is CC.CC(=O)CNC(=O)CNC(=O)CN. The van der Waals surface area contributed by atoms with Gasteiger partial charge in [0.05, 0.1) is 19.6 Å². The van der Waals surface area contributed by atoms with Crippen molar-refractivity contribution in [3.8, 4) is 0 Å². The van der Waals surface area contributed by atoms with Gasteiger partial charge in [-0.25, -0.2) is 0 Å². The first-order valence-electron chi connectivity index (χ1n) is 4.79. The zero-order valence-corrected chi connectivity index (χ0v) is 9.42. The number of ketones is 1. The quantitative estimate of drug-likeness (QED) is 0.538. The Kier molecular flexibility index (Phi) is 11.4. The van der Waals surface area contributed by atoms with Crippen molar-refractivity contribution in [2.75, 3.05) is 19.6 Å². The van der Waals surface area contributed by atoms with Gasteiger partial charge < -0.3 is 16.4 Å². The Morgan fingerprint density at radius 1 is 1.00 bits per heavy atom. The summed E-state index contributed by atoms with van der Waals surface area (Å²) in [6, 6.07) is 0. The average molecular weight is 217 g/mol. The molecule has 2 amide bonds. The lowest BCUT2D eigenvalue weighted by molar-refractivity contribution is -0.126. The summed E-state index contributed by atoms with van der Waals surface area (Å²) in [5.41, 5.74) is 4.98. The first kappa shape index (κ1) is 16.0. The Labute approximate surface area is 89.6 Å². The van der Waals surface area contributed by atoms with E-state index in [0.717, 1.165) is 0 Å². The molecule has 0 atom stereocenters. The number of hydrogen-bond acceptors (Lipinski definition) is 4. The fourth-order valence-corrected chi connectivity index (χ4v) is 0.537. The first-order valence-corrected chi connectivity index (χ1v) is 4.79. The van der Waals surface area contributed by atoms with Crippen molar-refractivity contribution in [2.24, 2.45) is 5.73 Å². The van der Waals surface area contributed by atoms with E-state index in [0.29, 0.717) is 0 Å². The van der Waals surface area contributed by atoms with Crippen LogP contribution in [0.15, 0.2) is 0 Å². The van der Waals surface area contributed by atoms with Gasteiger partial charge in [-0.15, -0.1) is 0 Å². The van der Waals surface area contributed by atoms with Gasteiger partial charge in [0.1, 0.15) is 5.78 Å². The molecular weight excluding hydrogens is 198 g/mol. The van der Waals surface area contributed by atoms with E-state index < -0.39 is 11.8 Å². The molecule has 6 heteroatoms. The van der Waals surface area contributed by atoms with E-state index in [1.165, 1.54) is 6.92 Å². The predicted octanol–water partition coefficient (Wildman–Crippen LogP) is -1.21.